The van der Waals surface area contributed by atoms with Crippen LogP contribution in [0.4, 0.5) is 5.69 Å². The van der Waals surface area contributed by atoms with E-state index in [2.05, 4.69) is 15.3 Å². The summed E-state index contributed by atoms with van der Waals surface area (Å²) in [5, 5.41) is 4.17. The standard InChI is InChI=1S/C26H21ClN4O4/c1-14-19(13-24(32)28-17-7-9-21-22(11-17)30-26(34)29-21)20-12-18(35-2)8-10-23(20)31(14)25(33)15-3-5-16(27)6-4-15/h3-12H,13H2,1-2H3,(H,28,32)(H2,29,30,34). The van der Waals surface area contributed by atoms with Crippen LogP contribution in [-0.2, 0) is 11.2 Å². The molecule has 0 aliphatic rings. The lowest BCUT2D eigenvalue weighted by molar-refractivity contribution is -0.115. The van der Waals surface area contributed by atoms with Gasteiger partial charge in [0.25, 0.3) is 5.91 Å². The van der Waals surface area contributed by atoms with Gasteiger partial charge in [-0.15, -0.1) is 0 Å². The molecule has 0 saturated carbocycles. The number of carbonyl (C=O) groups is 2. The Bertz CT molecular complexity index is 1660. The third-order valence-corrected chi connectivity index (χ3v) is 6.23. The van der Waals surface area contributed by atoms with Crippen molar-refractivity contribution >= 4 is 51.0 Å². The Balaban J connectivity index is 1.52. The van der Waals surface area contributed by atoms with Crippen LogP contribution in [0.25, 0.3) is 21.9 Å². The first-order valence-electron chi connectivity index (χ1n) is 10.8. The minimum Gasteiger partial charge on any atom is -0.497 e. The lowest BCUT2D eigenvalue weighted by Gasteiger charge is -2.08. The van der Waals surface area contributed by atoms with Gasteiger partial charge in [0.2, 0.25) is 5.91 Å². The maximum atomic E-state index is 13.4. The third-order valence-electron chi connectivity index (χ3n) is 5.97. The average molecular weight is 489 g/mol. The molecule has 0 atom stereocenters. The normalized spacial score (nSPS) is 11.2. The Kier molecular flexibility index (Phi) is 5.66. The number of ether oxygens (including phenoxy) is 1. The summed E-state index contributed by atoms with van der Waals surface area (Å²) < 4.78 is 7.00. The van der Waals surface area contributed by atoms with E-state index < -0.39 is 0 Å². The SMILES string of the molecule is COc1ccc2c(c1)c(CC(=O)Nc1ccc3[nH]c(=O)[nH]c3c1)c(C)n2C(=O)c1ccc(Cl)cc1. The van der Waals surface area contributed by atoms with Crippen molar-refractivity contribution < 1.29 is 14.3 Å². The van der Waals surface area contributed by atoms with Gasteiger partial charge in [-0.25, -0.2) is 4.79 Å². The fourth-order valence-corrected chi connectivity index (χ4v) is 4.40. The molecule has 3 aromatic carbocycles. The number of hydrogen-bond donors (Lipinski definition) is 3. The van der Waals surface area contributed by atoms with E-state index >= 15 is 0 Å². The minimum absolute atomic E-state index is 0.0398. The zero-order chi connectivity index (χ0) is 24.7. The van der Waals surface area contributed by atoms with E-state index in [1.54, 1.807) is 60.2 Å². The average Bonchev–Trinajstić information content (AvgIpc) is 3.34. The van der Waals surface area contributed by atoms with Crippen LogP contribution in [0.1, 0.15) is 21.6 Å². The summed E-state index contributed by atoms with van der Waals surface area (Å²) in [6.45, 7) is 1.82. The Labute approximate surface area is 204 Å². The third kappa shape index (κ3) is 4.20. The van der Waals surface area contributed by atoms with E-state index in [9.17, 15) is 14.4 Å². The van der Waals surface area contributed by atoms with E-state index in [1.165, 1.54) is 0 Å². The van der Waals surface area contributed by atoms with Gasteiger partial charge < -0.3 is 20.0 Å². The van der Waals surface area contributed by atoms with Gasteiger partial charge in [0.05, 0.1) is 30.1 Å². The molecule has 0 aliphatic heterocycles. The molecule has 8 nitrogen and oxygen atoms in total. The molecule has 2 aromatic heterocycles. The summed E-state index contributed by atoms with van der Waals surface area (Å²) in [5.74, 6) is 0.145. The van der Waals surface area contributed by atoms with Crippen molar-refractivity contribution in [1.29, 1.82) is 0 Å². The number of H-pyrrole nitrogens is 2. The van der Waals surface area contributed by atoms with Crippen molar-refractivity contribution in [3.63, 3.8) is 0 Å². The van der Waals surface area contributed by atoms with E-state index in [4.69, 9.17) is 16.3 Å². The zero-order valence-corrected chi connectivity index (χ0v) is 19.7. The van der Waals surface area contributed by atoms with E-state index in [-0.39, 0.29) is 23.9 Å². The molecule has 0 fully saturated rings. The number of imidazole rings is 1. The lowest BCUT2D eigenvalue weighted by Crippen LogP contribution is -2.16. The molecule has 0 spiro atoms. The number of fused-ring (bicyclic) bond motifs is 2. The van der Waals surface area contributed by atoms with Gasteiger partial charge in [0.15, 0.2) is 0 Å². The molecule has 0 radical (unpaired) electrons. The number of amides is 1. The van der Waals surface area contributed by atoms with Crippen molar-refractivity contribution in [2.24, 2.45) is 0 Å². The van der Waals surface area contributed by atoms with E-state index in [0.29, 0.717) is 44.3 Å². The lowest BCUT2D eigenvalue weighted by atomic mass is 10.1. The van der Waals surface area contributed by atoms with Crippen molar-refractivity contribution in [3.05, 3.63) is 93.0 Å². The van der Waals surface area contributed by atoms with Crippen LogP contribution in [0.2, 0.25) is 5.02 Å². The van der Waals surface area contributed by atoms with Gasteiger partial charge in [-0.05, 0) is 73.2 Å². The number of rotatable bonds is 5. The Hall–Kier alpha value is -4.30. The maximum Gasteiger partial charge on any atom is 0.323 e. The second-order valence-corrected chi connectivity index (χ2v) is 8.60. The van der Waals surface area contributed by atoms with Crippen molar-refractivity contribution in [1.82, 2.24) is 14.5 Å². The quantitative estimate of drug-likeness (QED) is 0.334. The number of aromatic nitrogens is 3. The van der Waals surface area contributed by atoms with Crippen LogP contribution in [0.15, 0.2) is 65.5 Å². The van der Waals surface area contributed by atoms with Gasteiger partial charge in [0.1, 0.15) is 5.75 Å². The predicted molar refractivity (Wildman–Crippen MR) is 136 cm³/mol. The summed E-state index contributed by atoms with van der Waals surface area (Å²) in [4.78, 5) is 43.3. The molecule has 35 heavy (non-hydrogen) atoms. The first-order valence-corrected chi connectivity index (χ1v) is 11.2. The first kappa shape index (κ1) is 22.5. The maximum absolute atomic E-state index is 13.4. The predicted octanol–water partition coefficient (Wildman–Crippen LogP) is 4.65. The van der Waals surface area contributed by atoms with Crippen LogP contribution < -0.4 is 15.7 Å². The van der Waals surface area contributed by atoms with Gasteiger partial charge in [-0.1, -0.05) is 11.6 Å². The van der Waals surface area contributed by atoms with E-state index in [1.807, 2.05) is 19.1 Å². The van der Waals surface area contributed by atoms with Crippen LogP contribution >= 0.6 is 11.6 Å². The zero-order valence-electron chi connectivity index (χ0n) is 18.9. The van der Waals surface area contributed by atoms with Gasteiger partial charge in [-0.3, -0.25) is 14.2 Å². The second-order valence-electron chi connectivity index (χ2n) is 8.16. The highest BCUT2D eigenvalue weighted by Crippen LogP contribution is 2.31. The molecule has 2 heterocycles. The fourth-order valence-electron chi connectivity index (χ4n) is 4.27. The number of benzene rings is 3. The molecule has 1 amide bonds. The van der Waals surface area contributed by atoms with E-state index in [0.717, 1.165) is 10.9 Å². The van der Waals surface area contributed by atoms with Crippen LogP contribution in [0, 0.1) is 6.92 Å². The molecule has 3 N–H and O–H groups in total. The number of nitrogens with zero attached hydrogens (tertiary/aromatic N) is 1. The molecule has 0 unspecified atom stereocenters. The highest BCUT2D eigenvalue weighted by atomic mass is 35.5. The topological polar surface area (TPSA) is 109 Å². The molecule has 9 heteroatoms. The van der Waals surface area contributed by atoms with Crippen molar-refractivity contribution in [3.8, 4) is 5.75 Å². The van der Waals surface area contributed by atoms with Gasteiger partial charge in [-0.2, -0.15) is 0 Å². The summed E-state index contributed by atoms with van der Waals surface area (Å²) in [6.07, 6.45) is 0.0398. The summed E-state index contributed by atoms with van der Waals surface area (Å²) in [7, 11) is 1.57. The summed E-state index contributed by atoms with van der Waals surface area (Å²) >= 11 is 5.99. The summed E-state index contributed by atoms with van der Waals surface area (Å²) in [5.41, 5.74) is 4.02. The monoisotopic (exact) mass is 488 g/mol. The van der Waals surface area contributed by atoms with Crippen LogP contribution in [0.3, 0.4) is 0 Å². The number of nitrogens with one attached hydrogen (secondary N) is 3. The molecule has 5 rings (SSSR count). The number of methoxy groups -OCH3 is 1. The highest BCUT2D eigenvalue weighted by molar-refractivity contribution is 6.30. The molecule has 176 valence electrons. The number of hydrogen-bond acceptors (Lipinski definition) is 4. The Morgan fingerprint density at radius 3 is 2.49 bits per heavy atom. The number of halogens is 1. The molecular weight excluding hydrogens is 468 g/mol. The highest BCUT2D eigenvalue weighted by Gasteiger charge is 2.22. The minimum atomic E-state index is -0.314. The Morgan fingerprint density at radius 2 is 1.74 bits per heavy atom. The van der Waals surface area contributed by atoms with Crippen LogP contribution in [-0.4, -0.2) is 33.5 Å². The first-order chi connectivity index (χ1) is 16.8. The van der Waals surface area contributed by atoms with Gasteiger partial charge >= 0.3 is 5.69 Å². The molecule has 0 saturated heterocycles. The van der Waals surface area contributed by atoms with Crippen molar-refractivity contribution in [2.45, 2.75) is 13.3 Å². The molecular formula is C26H21ClN4O4. The molecule has 5 aromatic rings. The second kappa shape index (κ2) is 8.81. The number of aromatic amines is 2. The smallest absolute Gasteiger partial charge is 0.323 e. The number of anilines is 1. The summed E-state index contributed by atoms with van der Waals surface area (Å²) in [6, 6.07) is 17.2. The van der Waals surface area contributed by atoms with Gasteiger partial charge in [0, 0.05) is 27.4 Å². The van der Waals surface area contributed by atoms with Crippen molar-refractivity contribution in [2.75, 3.05) is 12.4 Å². The Morgan fingerprint density at radius 1 is 1.00 bits per heavy atom. The largest absolute Gasteiger partial charge is 0.497 e. The molecule has 0 aliphatic carbocycles. The fraction of sp³-hybridized carbons (Fsp3) is 0.115. The van der Waals surface area contributed by atoms with Crippen LogP contribution in [0.5, 0.6) is 5.75 Å². The number of carbonyl (C=O) groups excluding carboxylic acids is 2. The molecule has 0 bridgehead atoms.